The summed E-state index contributed by atoms with van der Waals surface area (Å²) in [7, 11) is 0. The van der Waals surface area contributed by atoms with Crippen LogP contribution in [0.3, 0.4) is 0 Å². The number of rotatable bonds is 3. The molecule has 0 atom stereocenters. The fourth-order valence-corrected chi connectivity index (χ4v) is 2.69. The van der Waals surface area contributed by atoms with Gasteiger partial charge < -0.3 is 4.90 Å². The molecule has 2 aromatic rings. The fourth-order valence-electron chi connectivity index (χ4n) is 2.69. The maximum absolute atomic E-state index is 8.90. The normalized spacial score (nSPS) is 15.7. The van der Waals surface area contributed by atoms with Gasteiger partial charge in [0.25, 0.3) is 0 Å². The molecule has 0 unspecified atom stereocenters. The Labute approximate surface area is 125 Å². The minimum Gasteiger partial charge on any atom is -0.369 e. The largest absolute Gasteiger partial charge is 0.369 e. The quantitative estimate of drug-likeness (QED) is 0.864. The lowest BCUT2D eigenvalue weighted by atomic mass is 10.2. The van der Waals surface area contributed by atoms with Gasteiger partial charge in [-0.05, 0) is 29.8 Å². The topological polar surface area (TPSA) is 43.2 Å². The first-order chi connectivity index (χ1) is 10.3. The Kier molecular flexibility index (Phi) is 4.13. The van der Waals surface area contributed by atoms with Crippen LogP contribution in [-0.4, -0.2) is 36.1 Å². The Morgan fingerprint density at radius 1 is 1.05 bits per heavy atom. The standard InChI is InChI=1S/C17H18N4/c18-13-16-12-15(6-7-19-16)14-20-8-10-21(11-9-20)17-4-2-1-3-5-17/h1-7,12H,8-11,14H2. The third-order valence-electron chi connectivity index (χ3n) is 3.84. The van der Waals surface area contributed by atoms with Crippen LogP contribution in [0.15, 0.2) is 48.7 Å². The third kappa shape index (κ3) is 3.39. The second-order valence-corrected chi connectivity index (χ2v) is 5.26. The lowest BCUT2D eigenvalue weighted by Gasteiger charge is -2.36. The number of anilines is 1. The van der Waals surface area contributed by atoms with Gasteiger partial charge in [0, 0.05) is 44.6 Å². The zero-order chi connectivity index (χ0) is 14.5. The first kappa shape index (κ1) is 13.6. The van der Waals surface area contributed by atoms with Crippen molar-refractivity contribution in [2.24, 2.45) is 0 Å². The molecule has 1 aromatic carbocycles. The van der Waals surface area contributed by atoms with E-state index in [1.165, 1.54) is 5.69 Å². The Morgan fingerprint density at radius 3 is 2.52 bits per heavy atom. The third-order valence-corrected chi connectivity index (χ3v) is 3.84. The molecule has 4 nitrogen and oxygen atoms in total. The van der Waals surface area contributed by atoms with Crippen LogP contribution < -0.4 is 4.90 Å². The van der Waals surface area contributed by atoms with Crippen molar-refractivity contribution in [1.29, 1.82) is 5.26 Å². The fraction of sp³-hybridized carbons (Fsp3) is 0.294. The molecular weight excluding hydrogens is 260 g/mol. The van der Waals surface area contributed by atoms with Crippen molar-refractivity contribution < 1.29 is 0 Å². The molecule has 1 aliphatic heterocycles. The van der Waals surface area contributed by atoms with Crippen LogP contribution in [0.5, 0.6) is 0 Å². The molecule has 4 heteroatoms. The molecule has 0 N–H and O–H groups in total. The summed E-state index contributed by atoms with van der Waals surface area (Å²) in [6, 6.07) is 16.5. The van der Waals surface area contributed by atoms with E-state index in [1.807, 2.05) is 12.1 Å². The predicted octanol–water partition coefficient (Wildman–Crippen LogP) is 2.28. The molecule has 3 rings (SSSR count). The molecule has 2 heterocycles. The molecule has 0 saturated carbocycles. The summed E-state index contributed by atoms with van der Waals surface area (Å²) in [5, 5.41) is 8.90. The first-order valence-corrected chi connectivity index (χ1v) is 7.22. The molecule has 1 aliphatic rings. The number of piperazine rings is 1. The minimum absolute atomic E-state index is 0.496. The number of aromatic nitrogens is 1. The number of hydrogen-bond donors (Lipinski definition) is 0. The Hall–Kier alpha value is -2.38. The average molecular weight is 278 g/mol. The summed E-state index contributed by atoms with van der Waals surface area (Å²) in [6.07, 6.45) is 1.72. The molecule has 0 aliphatic carbocycles. The van der Waals surface area contributed by atoms with Gasteiger partial charge in [-0.3, -0.25) is 4.90 Å². The van der Waals surface area contributed by atoms with Crippen LogP contribution in [0, 0.1) is 11.3 Å². The smallest absolute Gasteiger partial charge is 0.140 e. The molecule has 106 valence electrons. The van der Waals surface area contributed by atoms with Gasteiger partial charge >= 0.3 is 0 Å². The van der Waals surface area contributed by atoms with E-state index in [0.717, 1.165) is 38.3 Å². The average Bonchev–Trinajstić information content (AvgIpc) is 2.56. The van der Waals surface area contributed by atoms with E-state index in [4.69, 9.17) is 5.26 Å². The highest BCUT2D eigenvalue weighted by Crippen LogP contribution is 2.16. The Balaban J connectivity index is 1.57. The first-order valence-electron chi connectivity index (χ1n) is 7.22. The van der Waals surface area contributed by atoms with Gasteiger partial charge in [-0.2, -0.15) is 5.26 Å². The predicted molar refractivity (Wildman–Crippen MR) is 82.9 cm³/mol. The van der Waals surface area contributed by atoms with Gasteiger partial charge in [0.2, 0.25) is 0 Å². The van der Waals surface area contributed by atoms with Gasteiger partial charge in [-0.1, -0.05) is 18.2 Å². The van der Waals surface area contributed by atoms with Crippen molar-refractivity contribution in [2.75, 3.05) is 31.1 Å². The summed E-state index contributed by atoms with van der Waals surface area (Å²) in [6.45, 7) is 5.05. The van der Waals surface area contributed by atoms with Gasteiger partial charge in [0.05, 0.1) is 0 Å². The van der Waals surface area contributed by atoms with E-state index in [1.54, 1.807) is 6.20 Å². The maximum atomic E-state index is 8.90. The zero-order valence-corrected chi connectivity index (χ0v) is 11.9. The highest BCUT2D eigenvalue weighted by atomic mass is 15.3. The van der Waals surface area contributed by atoms with Crippen LogP contribution >= 0.6 is 0 Å². The number of nitrogens with zero attached hydrogens (tertiary/aromatic N) is 4. The van der Waals surface area contributed by atoms with E-state index in [2.05, 4.69) is 51.2 Å². The maximum Gasteiger partial charge on any atom is 0.140 e. The summed E-state index contributed by atoms with van der Waals surface area (Å²) in [5.41, 5.74) is 2.96. The monoisotopic (exact) mass is 278 g/mol. The van der Waals surface area contributed by atoms with Gasteiger partial charge in [-0.25, -0.2) is 4.98 Å². The summed E-state index contributed by atoms with van der Waals surface area (Å²) in [5.74, 6) is 0. The number of para-hydroxylation sites is 1. The minimum atomic E-state index is 0.496. The van der Waals surface area contributed by atoms with Gasteiger partial charge in [-0.15, -0.1) is 0 Å². The van der Waals surface area contributed by atoms with E-state index >= 15 is 0 Å². The second-order valence-electron chi connectivity index (χ2n) is 5.26. The summed E-state index contributed by atoms with van der Waals surface area (Å²) >= 11 is 0. The van der Waals surface area contributed by atoms with Crippen molar-refractivity contribution in [3.8, 4) is 6.07 Å². The molecule has 0 spiro atoms. The number of pyridine rings is 1. The molecule has 0 bridgehead atoms. The second kappa shape index (κ2) is 6.38. The van der Waals surface area contributed by atoms with E-state index in [9.17, 15) is 0 Å². The molecule has 1 aromatic heterocycles. The van der Waals surface area contributed by atoms with Crippen molar-refractivity contribution in [3.63, 3.8) is 0 Å². The van der Waals surface area contributed by atoms with Crippen LogP contribution in [0.4, 0.5) is 5.69 Å². The van der Waals surface area contributed by atoms with Gasteiger partial charge in [0.15, 0.2) is 0 Å². The summed E-state index contributed by atoms with van der Waals surface area (Å²) in [4.78, 5) is 8.86. The van der Waals surface area contributed by atoms with Crippen molar-refractivity contribution >= 4 is 5.69 Å². The Morgan fingerprint density at radius 2 is 1.81 bits per heavy atom. The molecule has 0 radical (unpaired) electrons. The van der Waals surface area contributed by atoms with Crippen LogP contribution in [0.25, 0.3) is 0 Å². The van der Waals surface area contributed by atoms with Crippen molar-refractivity contribution in [2.45, 2.75) is 6.54 Å². The van der Waals surface area contributed by atoms with E-state index in [-0.39, 0.29) is 0 Å². The lowest BCUT2D eigenvalue weighted by Crippen LogP contribution is -2.45. The van der Waals surface area contributed by atoms with Crippen LogP contribution in [0.2, 0.25) is 0 Å². The summed E-state index contributed by atoms with van der Waals surface area (Å²) < 4.78 is 0. The van der Waals surface area contributed by atoms with Crippen LogP contribution in [-0.2, 0) is 6.54 Å². The molecule has 1 fully saturated rings. The lowest BCUT2D eigenvalue weighted by molar-refractivity contribution is 0.250. The van der Waals surface area contributed by atoms with Crippen LogP contribution in [0.1, 0.15) is 11.3 Å². The molecular formula is C17H18N4. The molecule has 1 saturated heterocycles. The zero-order valence-electron chi connectivity index (χ0n) is 11.9. The van der Waals surface area contributed by atoms with Crippen molar-refractivity contribution in [1.82, 2.24) is 9.88 Å². The SMILES string of the molecule is N#Cc1cc(CN2CCN(c3ccccc3)CC2)ccn1. The molecule has 0 amide bonds. The van der Waals surface area contributed by atoms with E-state index < -0.39 is 0 Å². The Bertz CT molecular complexity index is 625. The highest BCUT2D eigenvalue weighted by Gasteiger charge is 2.17. The number of benzene rings is 1. The highest BCUT2D eigenvalue weighted by molar-refractivity contribution is 5.46. The number of hydrogen-bond acceptors (Lipinski definition) is 4. The van der Waals surface area contributed by atoms with Crippen molar-refractivity contribution in [3.05, 3.63) is 59.9 Å². The molecule has 21 heavy (non-hydrogen) atoms. The number of nitriles is 1. The van der Waals surface area contributed by atoms with Gasteiger partial charge in [0.1, 0.15) is 11.8 Å². The van der Waals surface area contributed by atoms with E-state index in [0.29, 0.717) is 5.69 Å².